The lowest BCUT2D eigenvalue weighted by Gasteiger charge is -2.12. The van der Waals surface area contributed by atoms with Crippen LogP contribution in [0.1, 0.15) is 37.8 Å². The Kier molecular flexibility index (Phi) is 4.13. The molecule has 0 spiro atoms. The highest BCUT2D eigenvalue weighted by Gasteiger charge is 2.42. The van der Waals surface area contributed by atoms with E-state index in [0.717, 1.165) is 24.3 Å². The number of halogens is 3. The lowest BCUT2D eigenvalue weighted by atomic mass is 9.93. The number of rotatable bonds is 3. The largest absolute Gasteiger partial charge is 0.487 e. The molecule has 1 aliphatic rings. The summed E-state index contributed by atoms with van der Waals surface area (Å²) < 4.78 is 43.0. The van der Waals surface area contributed by atoms with Gasteiger partial charge in [0.2, 0.25) is 5.78 Å². The van der Waals surface area contributed by atoms with Crippen LogP contribution in [0.3, 0.4) is 0 Å². The maximum atomic E-state index is 12.6. The van der Waals surface area contributed by atoms with Gasteiger partial charge in [0.1, 0.15) is 5.92 Å². The molecule has 0 amide bonds. The number of alkyl halides is 3. The SMILES string of the molecule is CC1=C(OC(C)C)C(=O)C(c2ccc(C(F)(F)F)cc2)C1=O. The van der Waals surface area contributed by atoms with E-state index in [0.29, 0.717) is 0 Å². The van der Waals surface area contributed by atoms with Gasteiger partial charge >= 0.3 is 6.18 Å². The van der Waals surface area contributed by atoms with Crippen LogP contribution in [0.15, 0.2) is 35.6 Å². The number of Topliss-reactive ketones (excluding diaryl/α,β-unsaturated/α-hetero) is 2. The number of allylic oxidation sites excluding steroid dienone is 2. The van der Waals surface area contributed by atoms with Crippen molar-refractivity contribution in [1.29, 1.82) is 0 Å². The molecule has 22 heavy (non-hydrogen) atoms. The molecule has 6 heteroatoms. The number of ketones is 2. The standard InChI is InChI=1S/C16H15F3O3/c1-8(2)22-15-9(3)13(20)12(14(15)21)10-4-6-11(7-5-10)16(17,18)19/h4-8,12H,1-3H3. The summed E-state index contributed by atoms with van der Waals surface area (Å²) in [6, 6.07) is 4.06. The van der Waals surface area contributed by atoms with Gasteiger partial charge in [0, 0.05) is 5.57 Å². The Morgan fingerprint density at radius 1 is 1.05 bits per heavy atom. The minimum absolute atomic E-state index is 0.00454. The fourth-order valence-electron chi connectivity index (χ4n) is 2.31. The number of hydrogen-bond donors (Lipinski definition) is 0. The summed E-state index contributed by atoms with van der Waals surface area (Å²) in [6.45, 7) is 4.94. The van der Waals surface area contributed by atoms with Crippen LogP contribution in [-0.2, 0) is 20.5 Å². The Bertz CT molecular complexity index is 640. The first-order chi connectivity index (χ1) is 10.1. The van der Waals surface area contributed by atoms with Crippen LogP contribution in [0.2, 0.25) is 0 Å². The molecular weight excluding hydrogens is 297 g/mol. The van der Waals surface area contributed by atoms with E-state index in [-0.39, 0.29) is 23.0 Å². The van der Waals surface area contributed by atoms with Crippen LogP contribution >= 0.6 is 0 Å². The molecule has 0 bridgehead atoms. The van der Waals surface area contributed by atoms with Gasteiger partial charge in [-0.25, -0.2) is 0 Å². The lowest BCUT2D eigenvalue weighted by Crippen LogP contribution is -2.17. The van der Waals surface area contributed by atoms with Crippen molar-refractivity contribution < 1.29 is 27.5 Å². The number of hydrogen-bond acceptors (Lipinski definition) is 3. The number of benzene rings is 1. The third-order valence-electron chi connectivity index (χ3n) is 3.38. The van der Waals surface area contributed by atoms with Crippen molar-refractivity contribution in [1.82, 2.24) is 0 Å². The third kappa shape index (κ3) is 2.91. The fraction of sp³-hybridized carbons (Fsp3) is 0.375. The van der Waals surface area contributed by atoms with E-state index in [1.165, 1.54) is 6.92 Å². The third-order valence-corrected chi connectivity index (χ3v) is 3.38. The van der Waals surface area contributed by atoms with Crippen LogP contribution in [0.5, 0.6) is 0 Å². The zero-order valence-electron chi connectivity index (χ0n) is 12.3. The summed E-state index contributed by atoms with van der Waals surface area (Å²) in [7, 11) is 0. The highest BCUT2D eigenvalue weighted by atomic mass is 19.4. The van der Waals surface area contributed by atoms with Crippen molar-refractivity contribution in [3.63, 3.8) is 0 Å². The van der Waals surface area contributed by atoms with Crippen molar-refractivity contribution in [3.8, 4) is 0 Å². The van der Waals surface area contributed by atoms with Crippen molar-refractivity contribution >= 4 is 11.6 Å². The quantitative estimate of drug-likeness (QED) is 0.800. The average Bonchev–Trinajstić information content (AvgIpc) is 2.62. The summed E-state index contributed by atoms with van der Waals surface area (Å²) in [4.78, 5) is 24.5. The van der Waals surface area contributed by atoms with Gasteiger partial charge in [-0.15, -0.1) is 0 Å². The molecule has 0 saturated carbocycles. The maximum absolute atomic E-state index is 12.6. The Morgan fingerprint density at radius 3 is 2.05 bits per heavy atom. The molecule has 0 heterocycles. The predicted octanol–water partition coefficient (Wildman–Crippen LogP) is 3.64. The topological polar surface area (TPSA) is 43.4 Å². The summed E-state index contributed by atoms with van der Waals surface area (Å²) in [5, 5.41) is 0. The molecule has 1 aromatic carbocycles. The molecule has 0 fully saturated rings. The van der Waals surface area contributed by atoms with E-state index in [1.807, 2.05) is 0 Å². The zero-order chi connectivity index (χ0) is 16.7. The summed E-state index contributed by atoms with van der Waals surface area (Å²) in [5.74, 6) is -2.04. The minimum atomic E-state index is -4.46. The second kappa shape index (κ2) is 5.59. The van der Waals surface area contributed by atoms with Gasteiger partial charge in [0.15, 0.2) is 11.5 Å². The van der Waals surface area contributed by atoms with Crippen LogP contribution < -0.4 is 0 Å². The van der Waals surface area contributed by atoms with E-state index in [9.17, 15) is 22.8 Å². The average molecular weight is 312 g/mol. The number of carbonyl (C=O) groups excluding carboxylic acids is 2. The normalized spacial score (nSPS) is 19.3. The first-order valence-electron chi connectivity index (χ1n) is 6.76. The van der Waals surface area contributed by atoms with Crippen LogP contribution in [0, 0.1) is 0 Å². The first-order valence-corrected chi connectivity index (χ1v) is 6.76. The molecule has 1 aromatic rings. The van der Waals surface area contributed by atoms with Crippen molar-refractivity contribution in [3.05, 3.63) is 46.7 Å². The van der Waals surface area contributed by atoms with Gasteiger partial charge in [-0.05, 0) is 38.5 Å². The molecule has 1 aliphatic carbocycles. The van der Waals surface area contributed by atoms with Gasteiger partial charge in [0.05, 0.1) is 11.7 Å². The highest BCUT2D eigenvalue weighted by molar-refractivity contribution is 6.26. The molecular formula is C16H15F3O3. The summed E-state index contributed by atoms with van der Waals surface area (Å²) in [5.41, 5.74) is -0.370. The molecule has 2 rings (SSSR count). The van der Waals surface area contributed by atoms with E-state index in [1.54, 1.807) is 13.8 Å². The maximum Gasteiger partial charge on any atom is 0.416 e. The van der Waals surface area contributed by atoms with E-state index < -0.39 is 29.2 Å². The number of carbonyl (C=O) groups is 2. The first kappa shape index (κ1) is 16.3. The van der Waals surface area contributed by atoms with Crippen LogP contribution in [0.4, 0.5) is 13.2 Å². The van der Waals surface area contributed by atoms with Crippen LogP contribution in [-0.4, -0.2) is 17.7 Å². The predicted molar refractivity (Wildman–Crippen MR) is 73.1 cm³/mol. The van der Waals surface area contributed by atoms with Crippen molar-refractivity contribution in [2.24, 2.45) is 0 Å². The van der Waals surface area contributed by atoms with E-state index >= 15 is 0 Å². The van der Waals surface area contributed by atoms with Crippen LogP contribution in [0.25, 0.3) is 0 Å². The van der Waals surface area contributed by atoms with Gasteiger partial charge in [-0.1, -0.05) is 12.1 Å². The lowest BCUT2D eigenvalue weighted by molar-refractivity contribution is -0.137. The molecule has 0 aliphatic heterocycles. The Morgan fingerprint density at radius 2 is 1.59 bits per heavy atom. The van der Waals surface area contributed by atoms with Crippen molar-refractivity contribution in [2.75, 3.05) is 0 Å². The van der Waals surface area contributed by atoms with Gasteiger partial charge < -0.3 is 4.74 Å². The van der Waals surface area contributed by atoms with Gasteiger partial charge in [0.25, 0.3) is 0 Å². The fourth-order valence-corrected chi connectivity index (χ4v) is 2.31. The molecule has 0 saturated heterocycles. The molecule has 118 valence electrons. The highest BCUT2D eigenvalue weighted by Crippen LogP contribution is 2.35. The monoisotopic (exact) mass is 312 g/mol. The summed E-state index contributed by atoms with van der Waals surface area (Å²) in [6.07, 6.45) is -4.73. The molecule has 1 unspecified atom stereocenters. The molecule has 0 N–H and O–H groups in total. The Hall–Kier alpha value is -2.11. The van der Waals surface area contributed by atoms with E-state index in [2.05, 4.69) is 0 Å². The summed E-state index contributed by atoms with van der Waals surface area (Å²) >= 11 is 0. The number of ether oxygens (including phenoxy) is 1. The molecule has 0 aromatic heterocycles. The molecule has 3 nitrogen and oxygen atoms in total. The van der Waals surface area contributed by atoms with E-state index in [4.69, 9.17) is 4.74 Å². The second-order valence-corrected chi connectivity index (χ2v) is 5.40. The Labute approximate surface area is 125 Å². The van der Waals surface area contributed by atoms with Crippen molar-refractivity contribution in [2.45, 2.75) is 39.0 Å². The zero-order valence-corrected chi connectivity index (χ0v) is 12.3. The van der Waals surface area contributed by atoms with Gasteiger partial charge in [-0.3, -0.25) is 9.59 Å². The molecule has 0 radical (unpaired) electrons. The minimum Gasteiger partial charge on any atom is -0.487 e. The second-order valence-electron chi connectivity index (χ2n) is 5.40. The smallest absolute Gasteiger partial charge is 0.416 e. The Balaban J connectivity index is 2.32. The van der Waals surface area contributed by atoms with Gasteiger partial charge in [-0.2, -0.15) is 13.2 Å². The molecule has 1 atom stereocenters.